The Kier molecular flexibility index (Phi) is 9.86. The normalized spacial score (nSPS) is 17.0. The molecule has 3 rings (SSSR count). The first-order chi connectivity index (χ1) is 17.7. The number of carbonyl (C=O) groups excluding carboxylic acids is 3. The number of nitrogens with one attached hydrogen (secondary N) is 2. The highest BCUT2D eigenvalue weighted by Gasteiger charge is 2.44. The Morgan fingerprint density at radius 2 is 1.81 bits per heavy atom. The molecule has 0 saturated heterocycles. The van der Waals surface area contributed by atoms with Crippen LogP contribution in [-0.2, 0) is 25.5 Å². The highest BCUT2D eigenvalue weighted by molar-refractivity contribution is 8.03. The number of aryl methyl sites for hydroxylation is 1. The number of thioether (sulfide) groups is 1. The zero-order valence-corrected chi connectivity index (χ0v) is 22.7. The van der Waals surface area contributed by atoms with Gasteiger partial charge in [-0.1, -0.05) is 54.0 Å². The van der Waals surface area contributed by atoms with Gasteiger partial charge in [0.15, 0.2) is 5.75 Å². The van der Waals surface area contributed by atoms with E-state index in [9.17, 15) is 19.6 Å². The molecule has 2 aromatic carbocycles. The van der Waals surface area contributed by atoms with Crippen molar-refractivity contribution in [3.63, 3.8) is 0 Å². The van der Waals surface area contributed by atoms with Gasteiger partial charge in [-0.2, -0.15) is 5.26 Å². The number of hydrogen-bond donors (Lipinski definition) is 2. The molecule has 11 heteroatoms. The number of halogens is 2. The standard InChI is InChI=1S/C26H25Cl2N3O5S/c1-4-14-6-8-16(9-7-14)30-20(32)13-37-25-17(12-29)21(22(24(33)31-25)26(34)35-3)15-10-18(27)23(36-5-2)19(28)11-15/h6-11,21-22H,4-5,13H2,1-3H3,(H,30,32)(H,31,33)/t21-,22-/m0/s1. The number of nitriles is 1. The minimum absolute atomic E-state index is 0.0800. The third kappa shape index (κ3) is 6.58. The number of methoxy groups -OCH3 is 1. The van der Waals surface area contributed by atoms with E-state index in [1.54, 1.807) is 19.1 Å². The van der Waals surface area contributed by atoms with Gasteiger partial charge in [-0.3, -0.25) is 14.4 Å². The van der Waals surface area contributed by atoms with Gasteiger partial charge in [0.05, 0.1) is 46.2 Å². The Labute approximate surface area is 229 Å². The van der Waals surface area contributed by atoms with E-state index in [1.165, 1.54) is 12.1 Å². The lowest BCUT2D eigenvalue weighted by Crippen LogP contribution is -2.44. The summed E-state index contributed by atoms with van der Waals surface area (Å²) in [5.41, 5.74) is 2.21. The van der Waals surface area contributed by atoms with E-state index < -0.39 is 23.7 Å². The topological polar surface area (TPSA) is 118 Å². The molecule has 0 spiro atoms. The maximum Gasteiger partial charge on any atom is 0.319 e. The molecule has 1 aliphatic rings. The van der Waals surface area contributed by atoms with E-state index in [1.807, 2.05) is 19.1 Å². The van der Waals surface area contributed by atoms with Crippen LogP contribution >= 0.6 is 35.0 Å². The van der Waals surface area contributed by atoms with Gasteiger partial charge in [-0.25, -0.2) is 0 Å². The molecule has 2 aromatic rings. The lowest BCUT2D eigenvalue weighted by Gasteiger charge is -2.31. The summed E-state index contributed by atoms with van der Waals surface area (Å²) in [6, 6.07) is 12.5. The van der Waals surface area contributed by atoms with Crippen LogP contribution in [0, 0.1) is 17.2 Å². The van der Waals surface area contributed by atoms with Gasteiger partial charge in [-0.05, 0) is 48.7 Å². The average Bonchev–Trinajstić information content (AvgIpc) is 2.89. The van der Waals surface area contributed by atoms with Crippen LogP contribution in [0.5, 0.6) is 5.75 Å². The Bertz CT molecular complexity index is 1250. The van der Waals surface area contributed by atoms with Gasteiger partial charge in [0.25, 0.3) is 0 Å². The van der Waals surface area contributed by atoms with E-state index in [0.29, 0.717) is 17.9 Å². The summed E-state index contributed by atoms with van der Waals surface area (Å²) in [7, 11) is 1.15. The SMILES string of the molecule is CCOc1c(Cl)cc([C@H]2C(C#N)=C(SCC(=O)Nc3ccc(CC)cc3)NC(=O)[C@H]2C(=O)OC)cc1Cl. The number of carbonyl (C=O) groups is 3. The van der Waals surface area contributed by atoms with Crippen molar-refractivity contribution in [1.82, 2.24) is 5.32 Å². The van der Waals surface area contributed by atoms with Crippen molar-refractivity contribution in [3.05, 3.63) is 68.2 Å². The Balaban J connectivity index is 1.93. The van der Waals surface area contributed by atoms with Crippen LogP contribution in [0.15, 0.2) is 47.0 Å². The summed E-state index contributed by atoms with van der Waals surface area (Å²) in [6.07, 6.45) is 0.882. The molecule has 2 N–H and O–H groups in total. The number of nitrogens with zero attached hydrogens (tertiary/aromatic N) is 1. The fourth-order valence-electron chi connectivity index (χ4n) is 3.88. The summed E-state index contributed by atoms with van der Waals surface area (Å²) in [5, 5.41) is 15.9. The number of ether oxygens (including phenoxy) is 2. The zero-order chi connectivity index (χ0) is 27.1. The number of rotatable bonds is 9. The summed E-state index contributed by atoms with van der Waals surface area (Å²) >= 11 is 13.7. The smallest absolute Gasteiger partial charge is 0.319 e. The molecule has 1 aliphatic heterocycles. The number of allylic oxidation sites excluding steroid dienone is 1. The Hall–Kier alpha value is -3.19. The van der Waals surface area contributed by atoms with Crippen LogP contribution in [0.1, 0.15) is 30.9 Å². The first-order valence-electron chi connectivity index (χ1n) is 11.4. The molecule has 2 atom stereocenters. The second-order valence-corrected chi connectivity index (χ2v) is 9.76. The summed E-state index contributed by atoms with van der Waals surface area (Å²) < 4.78 is 10.3. The molecule has 8 nitrogen and oxygen atoms in total. The molecular formula is C26H25Cl2N3O5S. The van der Waals surface area contributed by atoms with Crippen LogP contribution in [0.2, 0.25) is 10.0 Å². The van der Waals surface area contributed by atoms with Crippen molar-refractivity contribution in [2.45, 2.75) is 26.2 Å². The molecule has 0 aromatic heterocycles. The second-order valence-electron chi connectivity index (χ2n) is 7.96. The van der Waals surface area contributed by atoms with Crippen molar-refractivity contribution in [3.8, 4) is 11.8 Å². The Morgan fingerprint density at radius 3 is 2.35 bits per heavy atom. The largest absolute Gasteiger partial charge is 0.491 e. The van der Waals surface area contributed by atoms with E-state index in [-0.39, 0.29) is 38.1 Å². The minimum atomic E-state index is -1.36. The highest BCUT2D eigenvalue weighted by atomic mass is 35.5. The lowest BCUT2D eigenvalue weighted by molar-refractivity contribution is -0.150. The Morgan fingerprint density at radius 1 is 1.16 bits per heavy atom. The monoisotopic (exact) mass is 561 g/mol. The summed E-state index contributed by atoms with van der Waals surface area (Å²) in [5.74, 6) is -4.05. The van der Waals surface area contributed by atoms with Gasteiger partial charge in [0.1, 0.15) is 5.92 Å². The fourth-order valence-corrected chi connectivity index (χ4v) is 5.34. The molecule has 1 heterocycles. The minimum Gasteiger partial charge on any atom is -0.491 e. The highest BCUT2D eigenvalue weighted by Crippen LogP contribution is 2.44. The lowest BCUT2D eigenvalue weighted by atomic mass is 9.78. The molecule has 194 valence electrons. The first kappa shape index (κ1) is 28.4. The predicted octanol–water partition coefficient (Wildman–Crippen LogP) is 5.06. The third-order valence-corrected chi connectivity index (χ3v) is 7.22. The van der Waals surface area contributed by atoms with Crippen LogP contribution < -0.4 is 15.4 Å². The van der Waals surface area contributed by atoms with Crippen LogP contribution in [0.3, 0.4) is 0 Å². The third-order valence-electron chi connectivity index (χ3n) is 5.65. The predicted molar refractivity (Wildman–Crippen MR) is 144 cm³/mol. The molecule has 0 fully saturated rings. The molecule has 0 unspecified atom stereocenters. The van der Waals surface area contributed by atoms with E-state index in [0.717, 1.165) is 30.9 Å². The number of benzene rings is 2. The molecule has 0 aliphatic carbocycles. The van der Waals surface area contributed by atoms with Gasteiger partial charge in [0, 0.05) is 11.6 Å². The van der Waals surface area contributed by atoms with Crippen molar-refractivity contribution in [2.24, 2.45) is 5.92 Å². The molecule has 0 bridgehead atoms. The summed E-state index contributed by atoms with van der Waals surface area (Å²) in [6.45, 7) is 4.14. The van der Waals surface area contributed by atoms with Crippen LogP contribution in [0.25, 0.3) is 0 Å². The van der Waals surface area contributed by atoms with Crippen molar-refractivity contribution >= 4 is 58.4 Å². The summed E-state index contributed by atoms with van der Waals surface area (Å²) in [4.78, 5) is 38.2. The van der Waals surface area contributed by atoms with Gasteiger partial charge < -0.3 is 20.1 Å². The van der Waals surface area contributed by atoms with E-state index in [4.69, 9.17) is 32.7 Å². The number of amides is 2. The van der Waals surface area contributed by atoms with Crippen LogP contribution in [-0.4, -0.2) is 37.3 Å². The molecule has 0 saturated carbocycles. The second kappa shape index (κ2) is 12.9. The van der Waals surface area contributed by atoms with Crippen molar-refractivity contribution in [2.75, 3.05) is 24.8 Å². The molecule has 37 heavy (non-hydrogen) atoms. The van der Waals surface area contributed by atoms with Crippen molar-refractivity contribution < 1.29 is 23.9 Å². The number of hydrogen-bond acceptors (Lipinski definition) is 7. The first-order valence-corrected chi connectivity index (χ1v) is 13.1. The molecular weight excluding hydrogens is 537 g/mol. The van der Waals surface area contributed by atoms with Crippen LogP contribution in [0.4, 0.5) is 5.69 Å². The van der Waals surface area contributed by atoms with Gasteiger partial charge >= 0.3 is 5.97 Å². The zero-order valence-electron chi connectivity index (χ0n) is 20.4. The molecule has 0 radical (unpaired) electrons. The van der Waals surface area contributed by atoms with E-state index in [2.05, 4.69) is 16.7 Å². The maximum atomic E-state index is 13.0. The number of esters is 1. The molecule has 2 amide bonds. The van der Waals surface area contributed by atoms with Gasteiger partial charge in [-0.15, -0.1) is 0 Å². The van der Waals surface area contributed by atoms with Gasteiger partial charge in [0.2, 0.25) is 11.8 Å². The average molecular weight is 562 g/mol. The quantitative estimate of drug-likeness (QED) is 0.324. The van der Waals surface area contributed by atoms with E-state index >= 15 is 0 Å². The fraction of sp³-hybridized carbons (Fsp3) is 0.308. The number of anilines is 1. The van der Waals surface area contributed by atoms with Crippen molar-refractivity contribution in [1.29, 1.82) is 5.26 Å². The maximum absolute atomic E-state index is 13.0.